The van der Waals surface area contributed by atoms with Crippen LogP contribution in [0.1, 0.15) is 31.4 Å². The zero-order valence-corrected chi connectivity index (χ0v) is 14.2. The van der Waals surface area contributed by atoms with E-state index in [1.54, 1.807) is 24.4 Å². The molecule has 0 bridgehead atoms. The maximum atomic E-state index is 12.3. The van der Waals surface area contributed by atoms with E-state index in [4.69, 9.17) is 10.6 Å². The number of oxime groups is 1. The van der Waals surface area contributed by atoms with Crippen LogP contribution in [0.2, 0.25) is 0 Å². The summed E-state index contributed by atoms with van der Waals surface area (Å²) in [4.78, 5) is 46.4. The minimum absolute atomic E-state index is 0.000392. The van der Waals surface area contributed by atoms with E-state index in [2.05, 4.69) is 10.1 Å². The first-order chi connectivity index (χ1) is 12.6. The van der Waals surface area contributed by atoms with Crippen LogP contribution in [0.5, 0.6) is 0 Å². The highest BCUT2D eigenvalue weighted by Gasteiger charge is 2.46. The van der Waals surface area contributed by atoms with Crippen LogP contribution in [0.15, 0.2) is 41.7 Å². The molecule has 2 aliphatic rings. The molecule has 1 aromatic heterocycles. The summed E-state index contributed by atoms with van der Waals surface area (Å²) in [6.45, 7) is 0.208. The van der Waals surface area contributed by atoms with Crippen molar-refractivity contribution < 1.29 is 19.2 Å². The first kappa shape index (κ1) is 17.8. The van der Waals surface area contributed by atoms with Crippen molar-refractivity contribution >= 4 is 23.6 Å². The van der Waals surface area contributed by atoms with Gasteiger partial charge in [-0.15, -0.1) is 0 Å². The number of imide groups is 1. The summed E-state index contributed by atoms with van der Waals surface area (Å²) in [6, 6.07) is 5.12. The second-order valence-corrected chi connectivity index (χ2v) is 6.24. The Morgan fingerprint density at radius 2 is 1.92 bits per heavy atom. The van der Waals surface area contributed by atoms with E-state index in [9.17, 15) is 14.4 Å². The van der Waals surface area contributed by atoms with Crippen LogP contribution in [0.25, 0.3) is 0 Å². The quantitative estimate of drug-likeness (QED) is 0.203. The lowest BCUT2D eigenvalue weighted by molar-refractivity contribution is -0.145. The smallest absolute Gasteiger partial charge is 0.335 e. The van der Waals surface area contributed by atoms with Crippen molar-refractivity contribution in [3.05, 3.63) is 42.2 Å². The van der Waals surface area contributed by atoms with Crippen molar-refractivity contribution in [1.29, 1.82) is 0 Å². The molecule has 0 spiro atoms. The molecule has 1 aromatic rings. The second kappa shape index (κ2) is 7.90. The Balaban J connectivity index is 1.45. The molecule has 0 unspecified atom stereocenters. The molecule has 26 heavy (non-hydrogen) atoms. The van der Waals surface area contributed by atoms with E-state index < -0.39 is 5.97 Å². The molecule has 1 aliphatic heterocycles. The van der Waals surface area contributed by atoms with Gasteiger partial charge in [0, 0.05) is 19.2 Å². The standard InChI is InChI=1S/C18H20N4O4/c19-16(14-8-3-4-10-20-14)21-26-15(23)9-5-11-22-17(24)12-6-1-2-7-13(12)18(22)25/h1-4,8,10,12-13H,5-7,9,11H2,(H2,19,21)/t12-,13-/m0/s1. The summed E-state index contributed by atoms with van der Waals surface area (Å²) in [6.07, 6.45) is 7.00. The first-order valence-electron chi connectivity index (χ1n) is 8.53. The van der Waals surface area contributed by atoms with E-state index in [0.29, 0.717) is 25.0 Å². The normalized spacial score (nSPS) is 22.5. The molecular weight excluding hydrogens is 336 g/mol. The molecule has 136 valence electrons. The number of hydrogen-bond acceptors (Lipinski definition) is 6. The van der Waals surface area contributed by atoms with Gasteiger partial charge in [-0.3, -0.25) is 19.5 Å². The second-order valence-electron chi connectivity index (χ2n) is 6.24. The predicted octanol–water partition coefficient (Wildman–Crippen LogP) is 0.976. The minimum Gasteiger partial charge on any atom is -0.379 e. The number of likely N-dealkylation sites (tertiary alicyclic amines) is 1. The summed E-state index contributed by atoms with van der Waals surface area (Å²) in [5.74, 6) is -1.36. The lowest BCUT2D eigenvalue weighted by Gasteiger charge is -2.14. The zero-order chi connectivity index (χ0) is 18.5. The molecule has 0 radical (unpaired) electrons. The van der Waals surface area contributed by atoms with Crippen LogP contribution in [-0.2, 0) is 19.2 Å². The largest absolute Gasteiger partial charge is 0.379 e. The van der Waals surface area contributed by atoms with Gasteiger partial charge in [0.2, 0.25) is 11.8 Å². The Morgan fingerprint density at radius 3 is 2.54 bits per heavy atom. The Kier molecular flexibility index (Phi) is 5.40. The van der Waals surface area contributed by atoms with Crippen molar-refractivity contribution in [1.82, 2.24) is 9.88 Å². The number of allylic oxidation sites excluding steroid dienone is 2. The molecule has 2 atom stereocenters. The fourth-order valence-electron chi connectivity index (χ4n) is 3.18. The van der Waals surface area contributed by atoms with Gasteiger partial charge >= 0.3 is 5.97 Å². The number of nitrogens with two attached hydrogens (primary N) is 1. The maximum absolute atomic E-state index is 12.3. The van der Waals surface area contributed by atoms with E-state index in [0.717, 1.165) is 0 Å². The predicted molar refractivity (Wildman–Crippen MR) is 92.4 cm³/mol. The summed E-state index contributed by atoms with van der Waals surface area (Å²) in [5, 5.41) is 3.56. The van der Waals surface area contributed by atoms with Crippen LogP contribution in [0.3, 0.4) is 0 Å². The third kappa shape index (κ3) is 3.79. The number of hydrogen-bond donors (Lipinski definition) is 1. The third-order valence-corrected chi connectivity index (χ3v) is 4.53. The van der Waals surface area contributed by atoms with Crippen molar-refractivity contribution in [2.24, 2.45) is 22.7 Å². The number of carbonyl (C=O) groups excluding carboxylic acids is 3. The van der Waals surface area contributed by atoms with Crippen LogP contribution in [0, 0.1) is 11.8 Å². The fourth-order valence-corrected chi connectivity index (χ4v) is 3.18. The summed E-state index contributed by atoms with van der Waals surface area (Å²) in [7, 11) is 0. The number of amides is 2. The average molecular weight is 356 g/mol. The van der Waals surface area contributed by atoms with Crippen molar-refractivity contribution in [3.8, 4) is 0 Å². The molecule has 0 aromatic carbocycles. The van der Waals surface area contributed by atoms with Gasteiger partial charge in [0.05, 0.1) is 11.8 Å². The molecule has 1 aliphatic carbocycles. The van der Waals surface area contributed by atoms with Gasteiger partial charge < -0.3 is 10.6 Å². The molecule has 1 saturated heterocycles. The number of aromatic nitrogens is 1. The highest BCUT2D eigenvalue weighted by atomic mass is 16.7. The number of fused-ring (bicyclic) bond motifs is 1. The molecule has 2 N–H and O–H groups in total. The average Bonchev–Trinajstić information content (AvgIpc) is 2.92. The molecular formula is C18H20N4O4. The minimum atomic E-state index is -0.581. The molecule has 1 fully saturated rings. The molecule has 3 rings (SSSR count). The van der Waals surface area contributed by atoms with Crippen molar-refractivity contribution in [2.75, 3.05) is 6.54 Å². The van der Waals surface area contributed by atoms with Crippen molar-refractivity contribution in [3.63, 3.8) is 0 Å². The van der Waals surface area contributed by atoms with Gasteiger partial charge in [-0.2, -0.15) is 0 Å². The first-order valence-corrected chi connectivity index (χ1v) is 8.53. The third-order valence-electron chi connectivity index (χ3n) is 4.53. The number of carbonyl (C=O) groups is 3. The van der Waals surface area contributed by atoms with Gasteiger partial charge in [-0.1, -0.05) is 23.4 Å². The molecule has 8 nitrogen and oxygen atoms in total. The van der Waals surface area contributed by atoms with Crippen LogP contribution in [-0.4, -0.2) is 40.0 Å². The van der Waals surface area contributed by atoms with Gasteiger partial charge in [-0.25, -0.2) is 4.79 Å². The van der Waals surface area contributed by atoms with Crippen LogP contribution in [0.4, 0.5) is 0 Å². The lowest BCUT2D eigenvalue weighted by atomic mass is 9.85. The molecule has 2 heterocycles. The van der Waals surface area contributed by atoms with Gasteiger partial charge in [0.1, 0.15) is 5.69 Å². The Bertz CT molecular complexity index is 734. The number of pyridine rings is 1. The van der Waals surface area contributed by atoms with Gasteiger partial charge in [-0.05, 0) is 31.4 Å². The maximum Gasteiger partial charge on any atom is 0.335 e. The highest BCUT2D eigenvalue weighted by Crippen LogP contribution is 2.35. The zero-order valence-electron chi connectivity index (χ0n) is 14.2. The van der Waals surface area contributed by atoms with E-state index in [1.165, 1.54) is 4.90 Å². The van der Waals surface area contributed by atoms with E-state index in [1.807, 2.05) is 12.2 Å². The van der Waals surface area contributed by atoms with Crippen molar-refractivity contribution in [2.45, 2.75) is 25.7 Å². The highest BCUT2D eigenvalue weighted by molar-refractivity contribution is 6.05. The number of nitrogens with zero attached hydrogens (tertiary/aromatic N) is 3. The van der Waals surface area contributed by atoms with Gasteiger partial charge in [0.25, 0.3) is 0 Å². The van der Waals surface area contributed by atoms with Crippen LogP contribution < -0.4 is 5.73 Å². The summed E-state index contributed by atoms with van der Waals surface area (Å²) in [5.41, 5.74) is 6.09. The summed E-state index contributed by atoms with van der Waals surface area (Å²) >= 11 is 0. The Labute approximate surface area is 150 Å². The number of amidine groups is 1. The number of rotatable bonds is 6. The lowest BCUT2D eigenvalue weighted by Crippen LogP contribution is -2.32. The Hall–Kier alpha value is -3.03. The van der Waals surface area contributed by atoms with Gasteiger partial charge in [0.15, 0.2) is 5.84 Å². The van der Waals surface area contributed by atoms with E-state index >= 15 is 0 Å². The SMILES string of the molecule is N/C(=N\OC(=O)CCCN1C(=O)[C@H]2CC=CC[C@@H]2C1=O)c1ccccn1. The fraction of sp³-hybridized carbons (Fsp3) is 0.389. The summed E-state index contributed by atoms with van der Waals surface area (Å²) < 4.78 is 0. The Morgan fingerprint density at radius 1 is 1.23 bits per heavy atom. The molecule has 0 saturated carbocycles. The monoisotopic (exact) mass is 356 g/mol. The van der Waals surface area contributed by atoms with Crippen LogP contribution >= 0.6 is 0 Å². The van der Waals surface area contributed by atoms with E-state index in [-0.39, 0.29) is 42.5 Å². The molecule has 2 amide bonds. The molecule has 8 heteroatoms. The topological polar surface area (TPSA) is 115 Å².